The number of imidazole rings is 1. The Balaban J connectivity index is 0.00000400. The van der Waals surface area contributed by atoms with Crippen molar-refractivity contribution in [3.63, 3.8) is 0 Å². The maximum Gasteiger partial charge on any atom is 0.143 e. The molecule has 6 rings (SSSR count). The van der Waals surface area contributed by atoms with E-state index in [1.807, 2.05) is 19.3 Å². The molecule has 0 atom stereocenters. The fraction of sp³-hybridized carbons (Fsp3) is 0.300. The number of hydrogen-bond acceptors (Lipinski definition) is 3. The zero-order valence-electron chi connectivity index (χ0n) is 27.7. The Kier molecular flexibility index (Phi) is 8.86. The third kappa shape index (κ3) is 5.98. The van der Waals surface area contributed by atoms with Gasteiger partial charge in [-0.1, -0.05) is 95.5 Å². The summed E-state index contributed by atoms with van der Waals surface area (Å²) in [7, 11) is 2.02. The number of aromatic nitrogens is 3. The SMILES string of the molecule is Cc1ccnc2c(-c3[c-]c(-c4cccc5c4nc(-c4cc(C(C)(C)C)ccc4O)n5C)cc(C(C)C)c3)cc(C(C)C)cc12.[Pt]. The number of pyridine rings is 1. The van der Waals surface area contributed by atoms with Crippen molar-refractivity contribution in [3.8, 4) is 39.4 Å². The third-order valence-electron chi connectivity index (χ3n) is 8.91. The van der Waals surface area contributed by atoms with Crippen LogP contribution in [0.15, 0.2) is 72.9 Å². The van der Waals surface area contributed by atoms with Crippen LogP contribution < -0.4 is 0 Å². The Bertz CT molecular complexity index is 2050. The minimum absolute atomic E-state index is 0. The van der Waals surface area contributed by atoms with Crippen LogP contribution >= 0.6 is 0 Å². The van der Waals surface area contributed by atoms with E-state index in [-0.39, 0.29) is 32.2 Å². The van der Waals surface area contributed by atoms with E-state index in [9.17, 15) is 5.11 Å². The Morgan fingerprint density at radius 2 is 1.44 bits per heavy atom. The minimum Gasteiger partial charge on any atom is -0.507 e. The summed E-state index contributed by atoms with van der Waals surface area (Å²) in [4.78, 5) is 10.1. The molecule has 2 heterocycles. The molecule has 6 aromatic rings. The number of rotatable bonds is 5. The molecule has 4 nitrogen and oxygen atoms in total. The summed E-state index contributed by atoms with van der Waals surface area (Å²) in [6.45, 7) is 17.7. The largest absolute Gasteiger partial charge is 0.507 e. The third-order valence-corrected chi connectivity index (χ3v) is 8.91. The van der Waals surface area contributed by atoms with Gasteiger partial charge in [0.05, 0.1) is 16.6 Å². The van der Waals surface area contributed by atoms with Crippen molar-refractivity contribution in [1.82, 2.24) is 14.5 Å². The van der Waals surface area contributed by atoms with Crippen LogP contribution in [-0.4, -0.2) is 19.6 Å². The summed E-state index contributed by atoms with van der Waals surface area (Å²) < 4.78 is 2.08. The van der Waals surface area contributed by atoms with Gasteiger partial charge in [-0.05, 0) is 65.0 Å². The van der Waals surface area contributed by atoms with Crippen molar-refractivity contribution in [1.29, 1.82) is 0 Å². The van der Waals surface area contributed by atoms with Gasteiger partial charge in [0, 0.05) is 39.8 Å². The Labute approximate surface area is 281 Å². The number of hydrogen-bond donors (Lipinski definition) is 1. The smallest absolute Gasteiger partial charge is 0.143 e. The van der Waals surface area contributed by atoms with E-state index in [0.717, 1.165) is 55.8 Å². The normalized spacial score (nSPS) is 12.0. The van der Waals surface area contributed by atoms with Crippen LogP contribution in [0.3, 0.4) is 0 Å². The fourth-order valence-corrected chi connectivity index (χ4v) is 6.02. The number of aromatic hydroxyl groups is 1. The number of aryl methyl sites for hydroxylation is 2. The van der Waals surface area contributed by atoms with E-state index in [1.54, 1.807) is 6.07 Å². The average Bonchev–Trinajstić information content (AvgIpc) is 3.32. The molecule has 0 spiro atoms. The van der Waals surface area contributed by atoms with Crippen LogP contribution in [0.25, 0.3) is 55.6 Å². The van der Waals surface area contributed by atoms with Crippen LogP contribution in [0.2, 0.25) is 0 Å². The molecular weight excluding hydrogens is 734 g/mol. The molecule has 0 amide bonds. The predicted molar refractivity (Wildman–Crippen MR) is 184 cm³/mol. The molecule has 0 saturated heterocycles. The van der Waals surface area contributed by atoms with Gasteiger partial charge in [-0.3, -0.25) is 4.98 Å². The number of nitrogens with zero attached hydrogens (tertiary/aromatic N) is 3. The molecule has 0 aliphatic rings. The standard InChI is InChI=1S/C40H42N3O.Pt/c1-23(2)26-17-28(19-29(18-26)33-21-27(24(3)4)20-32-25(5)15-16-41-37(32)33)31-11-10-12-35-38(31)42-39(43(35)9)34-22-30(40(6,7)8)13-14-36(34)44;/h10-18,20-24,44H,1-9H3;/q-1;. The first-order valence-corrected chi connectivity index (χ1v) is 15.6. The minimum atomic E-state index is -0.0503. The molecule has 4 aromatic carbocycles. The van der Waals surface area contributed by atoms with E-state index in [0.29, 0.717) is 11.8 Å². The van der Waals surface area contributed by atoms with Crippen LogP contribution in [0.4, 0.5) is 0 Å². The van der Waals surface area contributed by atoms with E-state index in [1.165, 1.54) is 22.1 Å². The number of benzene rings is 4. The van der Waals surface area contributed by atoms with Gasteiger partial charge < -0.3 is 9.67 Å². The first-order valence-electron chi connectivity index (χ1n) is 15.6. The van der Waals surface area contributed by atoms with Crippen LogP contribution in [0, 0.1) is 13.0 Å². The summed E-state index contributed by atoms with van der Waals surface area (Å²) in [6, 6.07) is 27.2. The molecule has 0 saturated carbocycles. The number of phenols is 1. The molecule has 0 radical (unpaired) electrons. The first kappa shape index (κ1) is 32.6. The van der Waals surface area contributed by atoms with Crippen molar-refractivity contribution < 1.29 is 26.2 Å². The quantitative estimate of drug-likeness (QED) is 0.178. The zero-order valence-corrected chi connectivity index (χ0v) is 30.0. The Morgan fingerprint density at radius 1 is 0.778 bits per heavy atom. The van der Waals surface area contributed by atoms with Gasteiger partial charge in [-0.2, -0.15) is 0 Å². The molecule has 0 aliphatic heterocycles. The van der Waals surface area contributed by atoms with Crippen molar-refractivity contribution in [3.05, 3.63) is 101 Å². The van der Waals surface area contributed by atoms with E-state index in [4.69, 9.17) is 9.97 Å². The molecule has 0 aliphatic carbocycles. The summed E-state index contributed by atoms with van der Waals surface area (Å²) in [5.74, 6) is 1.69. The van der Waals surface area contributed by atoms with Crippen molar-refractivity contribution in [2.24, 2.45) is 7.05 Å². The summed E-state index contributed by atoms with van der Waals surface area (Å²) in [5.41, 5.74) is 12.7. The molecule has 2 aromatic heterocycles. The second kappa shape index (κ2) is 12.2. The van der Waals surface area contributed by atoms with Crippen molar-refractivity contribution in [2.45, 2.75) is 72.6 Å². The second-order valence-electron chi connectivity index (χ2n) is 13.8. The number of phenolic OH excluding ortho intramolecular Hbond substituents is 1. The van der Waals surface area contributed by atoms with Crippen LogP contribution in [0.1, 0.15) is 82.6 Å². The molecule has 45 heavy (non-hydrogen) atoms. The molecule has 1 N–H and O–H groups in total. The summed E-state index contributed by atoms with van der Waals surface area (Å²) in [6.07, 6.45) is 1.91. The summed E-state index contributed by atoms with van der Waals surface area (Å²) in [5, 5.41) is 12.1. The van der Waals surface area contributed by atoms with E-state index >= 15 is 0 Å². The van der Waals surface area contributed by atoms with E-state index in [2.05, 4.69) is 121 Å². The van der Waals surface area contributed by atoms with Gasteiger partial charge in [0.1, 0.15) is 11.6 Å². The Hall–Kier alpha value is -3.75. The van der Waals surface area contributed by atoms with Gasteiger partial charge in [-0.25, -0.2) is 4.98 Å². The maximum absolute atomic E-state index is 11.0. The molecule has 5 heteroatoms. The predicted octanol–water partition coefficient (Wildman–Crippen LogP) is 10.5. The first-order chi connectivity index (χ1) is 20.8. The second-order valence-corrected chi connectivity index (χ2v) is 13.8. The molecule has 0 fully saturated rings. The molecule has 234 valence electrons. The van der Waals surface area contributed by atoms with Gasteiger partial charge in [-0.15, -0.1) is 34.9 Å². The molecule has 0 bridgehead atoms. The van der Waals surface area contributed by atoms with Crippen molar-refractivity contribution in [2.75, 3.05) is 0 Å². The van der Waals surface area contributed by atoms with Gasteiger partial charge >= 0.3 is 0 Å². The topological polar surface area (TPSA) is 50.9 Å². The van der Waals surface area contributed by atoms with Crippen molar-refractivity contribution >= 4 is 21.9 Å². The van der Waals surface area contributed by atoms with E-state index < -0.39 is 0 Å². The number of fused-ring (bicyclic) bond motifs is 2. The van der Waals surface area contributed by atoms with Gasteiger partial charge in [0.25, 0.3) is 0 Å². The average molecular weight is 776 g/mol. The Morgan fingerprint density at radius 3 is 2.11 bits per heavy atom. The van der Waals surface area contributed by atoms with Crippen LogP contribution in [-0.2, 0) is 33.5 Å². The van der Waals surface area contributed by atoms with Gasteiger partial charge in [0.2, 0.25) is 0 Å². The van der Waals surface area contributed by atoms with Crippen LogP contribution in [0.5, 0.6) is 5.75 Å². The fourth-order valence-electron chi connectivity index (χ4n) is 6.02. The number of para-hydroxylation sites is 1. The maximum atomic E-state index is 11.0. The van der Waals surface area contributed by atoms with Gasteiger partial charge in [0.15, 0.2) is 0 Å². The zero-order chi connectivity index (χ0) is 31.5. The monoisotopic (exact) mass is 775 g/mol. The molecular formula is C40H42N3OPt-. The summed E-state index contributed by atoms with van der Waals surface area (Å²) >= 11 is 0. The molecule has 0 unspecified atom stereocenters.